The summed E-state index contributed by atoms with van der Waals surface area (Å²) in [4.78, 5) is 22.2. The third-order valence-electron chi connectivity index (χ3n) is 3.74. The van der Waals surface area contributed by atoms with E-state index in [-0.39, 0.29) is 5.91 Å². The second-order valence-corrected chi connectivity index (χ2v) is 5.43. The Morgan fingerprint density at radius 1 is 1.25 bits per heavy atom. The first-order chi connectivity index (χ1) is 11.6. The number of nitrogens with zero attached hydrogens (tertiary/aromatic N) is 4. The summed E-state index contributed by atoms with van der Waals surface area (Å²) in [7, 11) is 1.69. The number of benzene rings is 1. The molecule has 1 amide bonds. The molecule has 2 heterocycles. The molecule has 0 radical (unpaired) electrons. The number of likely N-dealkylation sites (N-methyl/N-ethyl adjacent to an activating group) is 1. The van der Waals surface area contributed by atoms with Gasteiger partial charge in [0.2, 0.25) is 0 Å². The fraction of sp³-hybridized carbons (Fsp3) is 0.167. The second-order valence-electron chi connectivity index (χ2n) is 5.43. The molecular weight excluding hydrogens is 307 g/mol. The van der Waals surface area contributed by atoms with Crippen molar-refractivity contribution in [2.45, 2.75) is 6.42 Å². The van der Waals surface area contributed by atoms with E-state index in [9.17, 15) is 9.18 Å². The van der Waals surface area contributed by atoms with Crippen molar-refractivity contribution in [1.82, 2.24) is 19.4 Å². The molecule has 2 aromatic heterocycles. The van der Waals surface area contributed by atoms with E-state index in [1.54, 1.807) is 59.6 Å². The lowest BCUT2D eigenvalue weighted by atomic mass is 10.1. The number of carbonyl (C=O) groups excluding carboxylic acids is 1. The Kier molecular flexibility index (Phi) is 4.65. The van der Waals surface area contributed by atoms with E-state index in [1.807, 2.05) is 12.1 Å². The molecule has 0 aliphatic carbocycles. The fourth-order valence-electron chi connectivity index (χ4n) is 2.41. The van der Waals surface area contributed by atoms with E-state index >= 15 is 0 Å². The zero-order chi connectivity index (χ0) is 16.9. The maximum Gasteiger partial charge on any atom is 0.253 e. The average Bonchev–Trinajstić information content (AvgIpc) is 3.14. The highest BCUT2D eigenvalue weighted by Gasteiger charge is 2.14. The van der Waals surface area contributed by atoms with Gasteiger partial charge in [0.25, 0.3) is 5.91 Å². The zero-order valence-electron chi connectivity index (χ0n) is 13.3. The van der Waals surface area contributed by atoms with Gasteiger partial charge in [-0.1, -0.05) is 0 Å². The molecule has 0 atom stereocenters. The highest BCUT2D eigenvalue weighted by Crippen LogP contribution is 2.16. The van der Waals surface area contributed by atoms with Gasteiger partial charge in [0.1, 0.15) is 5.82 Å². The van der Waals surface area contributed by atoms with Crippen molar-refractivity contribution < 1.29 is 9.18 Å². The van der Waals surface area contributed by atoms with E-state index in [2.05, 4.69) is 9.97 Å². The first-order valence-electron chi connectivity index (χ1n) is 7.58. The topological polar surface area (TPSA) is 51.0 Å². The highest BCUT2D eigenvalue weighted by atomic mass is 19.1. The van der Waals surface area contributed by atoms with Crippen LogP contribution in [0.3, 0.4) is 0 Å². The van der Waals surface area contributed by atoms with Gasteiger partial charge in [0.15, 0.2) is 0 Å². The molecule has 0 fully saturated rings. The van der Waals surface area contributed by atoms with Gasteiger partial charge in [-0.15, -0.1) is 0 Å². The van der Waals surface area contributed by atoms with Crippen LogP contribution in [0.15, 0.2) is 61.3 Å². The van der Waals surface area contributed by atoms with Crippen molar-refractivity contribution in [3.63, 3.8) is 0 Å². The van der Waals surface area contributed by atoms with Crippen molar-refractivity contribution in [3.05, 3.63) is 78.4 Å². The third kappa shape index (κ3) is 3.48. The van der Waals surface area contributed by atoms with Crippen LogP contribution in [0.1, 0.15) is 16.1 Å². The van der Waals surface area contributed by atoms with Crippen LogP contribution in [0.4, 0.5) is 4.39 Å². The first-order valence-corrected chi connectivity index (χ1v) is 7.58. The molecule has 3 aromatic rings. The molecule has 1 aromatic carbocycles. The van der Waals surface area contributed by atoms with Gasteiger partial charge < -0.3 is 9.47 Å². The number of hydrogen-bond donors (Lipinski definition) is 0. The second kappa shape index (κ2) is 7.04. The molecule has 0 saturated carbocycles. The molecule has 0 unspecified atom stereocenters. The van der Waals surface area contributed by atoms with E-state index < -0.39 is 5.82 Å². The lowest BCUT2D eigenvalue weighted by molar-refractivity contribution is 0.0796. The Labute approximate surface area is 139 Å². The first kappa shape index (κ1) is 15.9. The number of carbonyl (C=O) groups is 1. The van der Waals surface area contributed by atoms with Gasteiger partial charge in [-0.05, 0) is 30.3 Å². The summed E-state index contributed by atoms with van der Waals surface area (Å²) in [5.74, 6) is -0.656. The van der Waals surface area contributed by atoms with Crippen molar-refractivity contribution in [2.75, 3.05) is 13.6 Å². The number of halogens is 1. The van der Waals surface area contributed by atoms with Gasteiger partial charge in [-0.3, -0.25) is 14.8 Å². The minimum Gasteiger partial charge on any atom is -0.341 e. The standard InChI is InChI=1S/C18H17FN4O/c1-22(11-6-15-13-20-7-8-21-15)18(24)14-4-5-17(16(19)12-14)23-9-2-3-10-23/h2-5,7-10,12-13H,6,11H2,1H3. The number of aromatic nitrogens is 3. The van der Waals surface area contributed by atoms with E-state index in [0.29, 0.717) is 24.2 Å². The monoisotopic (exact) mass is 324 g/mol. The molecule has 6 heteroatoms. The molecule has 5 nitrogen and oxygen atoms in total. The minimum atomic E-state index is -0.431. The molecule has 0 N–H and O–H groups in total. The quantitative estimate of drug-likeness (QED) is 0.725. The molecule has 0 aliphatic heterocycles. The van der Waals surface area contributed by atoms with Gasteiger partial charge in [0, 0.05) is 56.6 Å². The maximum absolute atomic E-state index is 14.3. The van der Waals surface area contributed by atoms with Crippen LogP contribution in [0.25, 0.3) is 5.69 Å². The summed E-state index contributed by atoms with van der Waals surface area (Å²) in [6.07, 6.45) is 9.00. The summed E-state index contributed by atoms with van der Waals surface area (Å²) >= 11 is 0. The van der Waals surface area contributed by atoms with E-state index in [0.717, 1.165) is 5.69 Å². The van der Waals surface area contributed by atoms with E-state index in [1.165, 1.54) is 6.07 Å². The summed E-state index contributed by atoms with van der Waals surface area (Å²) < 4.78 is 15.9. The van der Waals surface area contributed by atoms with Crippen LogP contribution in [-0.4, -0.2) is 38.9 Å². The van der Waals surface area contributed by atoms with Crippen LogP contribution in [0.2, 0.25) is 0 Å². The van der Waals surface area contributed by atoms with Crippen LogP contribution in [0.5, 0.6) is 0 Å². The van der Waals surface area contributed by atoms with Gasteiger partial charge >= 0.3 is 0 Å². The Balaban J connectivity index is 1.69. The smallest absolute Gasteiger partial charge is 0.253 e. The highest BCUT2D eigenvalue weighted by molar-refractivity contribution is 5.94. The van der Waals surface area contributed by atoms with Gasteiger partial charge in [0.05, 0.1) is 11.4 Å². The van der Waals surface area contributed by atoms with Crippen molar-refractivity contribution >= 4 is 5.91 Å². The number of hydrogen-bond acceptors (Lipinski definition) is 3. The third-order valence-corrected chi connectivity index (χ3v) is 3.74. The van der Waals surface area contributed by atoms with Crippen LogP contribution in [0, 0.1) is 5.82 Å². The number of amides is 1. The molecular formula is C18H17FN4O. The lowest BCUT2D eigenvalue weighted by Crippen LogP contribution is -2.29. The molecule has 0 bridgehead atoms. The number of rotatable bonds is 5. The van der Waals surface area contributed by atoms with Gasteiger partial charge in [-0.2, -0.15) is 0 Å². The average molecular weight is 324 g/mol. The fourth-order valence-corrected chi connectivity index (χ4v) is 2.41. The summed E-state index contributed by atoms with van der Waals surface area (Å²) in [6.45, 7) is 0.485. The van der Waals surface area contributed by atoms with Gasteiger partial charge in [-0.25, -0.2) is 4.39 Å². The Bertz CT molecular complexity index is 818. The Morgan fingerprint density at radius 2 is 2.04 bits per heavy atom. The van der Waals surface area contributed by atoms with Crippen molar-refractivity contribution in [1.29, 1.82) is 0 Å². The van der Waals surface area contributed by atoms with Crippen LogP contribution in [-0.2, 0) is 6.42 Å². The molecule has 0 aliphatic rings. The summed E-state index contributed by atoms with van der Waals surface area (Å²) in [5.41, 5.74) is 1.55. The summed E-state index contributed by atoms with van der Waals surface area (Å²) in [6, 6.07) is 8.16. The maximum atomic E-state index is 14.3. The summed E-state index contributed by atoms with van der Waals surface area (Å²) in [5, 5.41) is 0. The zero-order valence-corrected chi connectivity index (χ0v) is 13.3. The van der Waals surface area contributed by atoms with Crippen molar-refractivity contribution in [3.8, 4) is 5.69 Å². The predicted molar refractivity (Wildman–Crippen MR) is 88.4 cm³/mol. The Morgan fingerprint density at radius 3 is 2.71 bits per heavy atom. The molecule has 24 heavy (non-hydrogen) atoms. The SMILES string of the molecule is CN(CCc1cnccn1)C(=O)c1ccc(-n2cccc2)c(F)c1. The minimum absolute atomic E-state index is 0.225. The van der Waals surface area contributed by atoms with Crippen LogP contribution < -0.4 is 0 Å². The normalized spacial score (nSPS) is 10.6. The van der Waals surface area contributed by atoms with E-state index in [4.69, 9.17) is 0 Å². The Hall–Kier alpha value is -3.02. The van der Waals surface area contributed by atoms with Crippen LogP contribution >= 0.6 is 0 Å². The molecule has 3 rings (SSSR count). The predicted octanol–water partition coefficient (Wildman–Crippen LogP) is 2.72. The molecule has 0 spiro atoms. The van der Waals surface area contributed by atoms with Crippen molar-refractivity contribution in [2.24, 2.45) is 0 Å². The lowest BCUT2D eigenvalue weighted by Gasteiger charge is -2.17. The largest absolute Gasteiger partial charge is 0.341 e. The molecule has 0 saturated heterocycles. The molecule has 122 valence electrons.